The molecule has 1 aromatic rings. The minimum atomic E-state index is -0.0730. The summed E-state index contributed by atoms with van der Waals surface area (Å²) < 4.78 is 0. The van der Waals surface area contributed by atoms with Crippen LogP contribution in [0.15, 0.2) is 0 Å². The first-order valence-electron chi connectivity index (χ1n) is 6.52. The number of hydrogen-bond acceptors (Lipinski definition) is 5. The summed E-state index contributed by atoms with van der Waals surface area (Å²) in [4.78, 5) is 12.0. The van der Waals surface area contributed by atoms with E-state index in [1.165, 1.54) is 11.3 Å². The van der Waals surface area contributed by atoms with Gasteiger partial charge in [-0.15, -0.1) is 10.2 Å². The topological polar surface area (TPSA) is 66.9 Å². The Morgan fingerprint density at radius 3 is 3.00 bits per heavy atom. The number of anilines is 1. The fourth-order valence-electron chi connectivity index (χ4n) is 2.00. The summed E-state index contributed by atoms with van der Waals surface area (Å²) in [5, 5.41) is 15.8. The van der Waals surface area contributed by atoms with Crippen LogP contribution in [0.3, 0.4) is 0 Å². The highest BCUT2D eigenvalue weighted by atomic mass is 32.1. The van der Waals surface area contributed by atoms with E-state index in [2.05, 4.69) is 34.7 Å². The molecule has 1 aliphatic heterocycles. The van der Waals surface area contributed by atoms with E-state index in [-0.39, 0.29) is 11.9 Å². The lowest BCUT2D eigenvalue weighted by Gasteiger charge is -2.21. The van der Waals surface area contributed by atoms with Crippen LogP contribution in [0, 0.1) is 5.92 Å². The van der Waals surface area contributed by atoms with Crippen LogP contribution in [-0.2, 0) is 11.2 Å². The highest BCUT2D eigenvalue weighted by Crippen LogP contribution is 2.19. The molecule has 1 fully saturated rings. The molecule has 2 rings (SSSR count). The maximum Gasteiger partial charge on any atom is 0.243 e. The van der Waals surface area contributed by atoms with Crippen LogP contribution < -0.4 is 10.6 Å². The first kappa shape index (κ1) is 13.4. The fourth-order valence-corrected chi connectivity index (χ4v) is 2.96. The Hall–Kier alpha value is -1.01. The van der Waals surface area contributed by atoms with Crippen molar-refractivity contribution in [3.05, 3.63) is 5.01 Å². The average Bonchev–Trinajstić information content (AvgIpc) is 2.76. The quantitative estimate of drug-likeness (QED) is 0.874. The molecule has 0 radical (unpaired) electrons. The maximum absolute atomic E-state index is 12.0. The van der Waals surface area contributed by atoms with Crippen LogP contribution in [0.1, 0.15) is 38.1 Å². The molecule has 100 valence electrons. The predicted molar refractivity (Wildman–Crippen MR) is 72.7 cm³/mol. The maximum atomic E-state index is 12.0. The number of nitrogens with one attached hydrogen (secondary N) is 2. The predicted octanol–water partition coefficient (Wildman–Crippen LogP) is 1.82. The molecular weight excluding hydrogens is 248 g/mol. The molecule has 18 heavy (non-hydrogen) atoms. The molecule has 1 aliphatic rings. The van der Waals surface area contributed by atoms with E-state index >= 15 is 0 Å². The molecule has 2 N–H and O–H groups in total. The molecule has 0 aromatic carbocycles. The van der Waals surface area contributed by atoms with Gasteiger partial charge in [0.2, 0.25) is 11.0 Å². The lowest BCUT2D eigenvalue weighted by atomic mass is 10.0. The Labute approximate surface area is 111 Å². The van der Waals surface area contributed by atoms with Crippen LogP contribution in [0.2, 0.25) is 0 Å². The number of aromatic nitrogens is 2. The smallest absolute Gasteiger partial charge is 0.243 e. The van der Waals surface area contributed by atoms with Gasteiger partial charge in [-0.05, 0) is 25.3 Å². The van der Waals surface area contributed by atoms with Gasteiger partial charge < -0.3 is 5.32 Å². The highest BCUT2D eigenvalue weighted by molar-refractivity contribution is 7.15. The van der Waals surface area contributed by atoms with E-state index < -0.39 is 0 Å². The summed E-state index contributed by atoms with van der Waals surface area (Å²) in [5.74, 6) is 0.573. The minimum Gasteiger partial charge on any atom is -0.306 e. The second-order valence-electron chi connectivity index (χ2n) is 5.09. The molecular formula is C12H20N4OS. The summed E-state index contributed by atoms with van der Waals surface area (Å²) in [6.45, 7) is 5.21. The first-order chi connectivity index (χ1) is 8.65. The van der Waals surface area contributed by atoms with Gasteiger partial charge in [-0.1, -0.05) is 31.6 Å². The molecule has 6 heteroatoms. The van der Waals surface area contributed by atoms with Crippen molar-refractivity contribution in [2.75, 3.05) is 11.9 Å². The zero-order chi connectivity index (χ0) is 13.0. The van der Waals surface area contributed by atoms with E-state index in [0.717, 1.165) is 37.2 Å². The number of carbonyl (C=O) groups excluding carboxylic acids is 1. The zero-order valence-electron chi connectivity index (χ0n) is 10.9. The number of piperidine rings is 1. The molecule has 0 spiro atoms. The van der Waals surface area contributed by atoms with Crippen molar-refractivity contribution in [3.63, 3.8) is 0 Å². The Morgan fingerprint density at radius 1 is 1.50 bits per heavy atom. The fraction of sp³-hybridized carbons (Fsp3) is 0.750. The van der Waals surface area contributed by atoms with Crippen LogP contribution in [0.5, 0.6) is 0 Å². The van der Waals surface area contributed by atoms with E-state index in [9.17, 15) is 4.79 Å². The Morgan fingerprint density at radius 2 is 2.33 bits per heavy atom. The van der Waals surface area contributed by atoms with Gasteiger partial charge in [0.15, 0.2) is 0 Å². The summed E-state index contributed by atoms with van der Waals surface area (Å²) in [5.41, 5.74) is 0. The molecule has 0 bridgehead atoms. The molecule has 1 atom stereocenters. The van der Waals surface area contributed by atoms with Crippen molar-refractivity contribution in [1.82, 2.24) is 15.5 Å². The van der Waals surface area contributed by atoms with Crippen molar-refractivity contribution >= 4 is 22.4 Å². The SMILES string of the molecule is CC(C)Cc1nnc(NC(=O)[C@@H]2CCCCN2)s1. The number of amides is 1. The molecule has 5 nitrogen and oxygen atoms in total. The van der Waals surface area contributed by atoms with E-state index in [1.807, 2.05) is 0 Å². The molecule has 2 heterocycles. The van der Waals surface area contributed by atoms with Crippen LogP contribution in [0.25, 0.3) is 0 Å². The number of rotatable bonds is 4. The van der Waals surface area contributed by atoms with Gasteiger partial charge >= 0.3 is 0 Å². The van der Waals surface area contributed by atoms with Crippen molar-refractivity contribution in [2.45, 2.75) is 45.6 Å². The summed E-state index contributed by atoms with van der Waals surface area (Å²) >= 11 is 1.47. The Kier molecular flexibility index (Phi) is 4.66. The van der Waals surface area contributed by atoms with Gasteiger partial charge in [-0.25, -0.2) is 0 Å². The Balaban J connectivity index is 1.88. The normalized spacial score (nSPS) is 20.1. The second-order valence-corrected chi connectivity index (χ2v) is 6.15. The Bertz CT molecular complexity index is 399. The zero-order valence-corrected chi connectivity index (χ0v) is 11.7. The van der Waals surface area contributed by atoms with Crippen LogP contribution in [-0.4, -0.2) is 28.7 Å². The number of nitrogens with zero attached hydrogens (tertiary/aromatic N) is 2. The molecule has 1 amide bonds. The van der Waals surface area contributed by atoms with Gasteiger partial charge in [0.1, 0.15) is 5.01 Å². The van der Waals surface area contributed by atoms with Gasteiger partial charge in [0, 0.05) is 6.42 Å². The van der Waals surface area contributed by atoms with Gasteiger partial charge in [0.25, 0.3) is 0 Å². The summed E-state index contributed by atoms with van der Waals surface area (Å²) in [6.07, 6.45) is 4.08. The molecule has 1 saturated heterocycles. The standard InChI is InChI=1S/C12H20N4OS/c1-8(2)7-10-15-16-12(18-10)14-11(17)9-5-3-4-6-13-9/h8-9,13H,3-7H2,1-2H3,(H,14,16,17)/t9-/m0/s1. The monoisotopic (exact) mass is 268 g/mol. The molecule has 0 saturated carbocycles. The first-order valence-corrected chi connectivity index (χ1v) is 7.33. The summed E-state index contributed by atoms with van der Waals surface area (Å²) in [7, 11) is 0. The van der Waals surface area contributed by atoms with E-state index in [4.69, 9.17) is 0 Å². The third kappa shape index (κ3) is 3.74. The average molecular weight is 268 g/mol. The summed E-state index contributed by atoms with van der Waals surface area (Å²) in [6, 6.07) is -0.0730. The molecule has 0 aliphatic carbocycles. The van der Waals surface area contributed by atoms with Crippen molar-refractivity contribution < 1.29 is 4.79 Å². The molecule has 0 unspecified atom stereocenters. The van der Waals surface area contributed by atoms with Gasteiger partial charge in [-0.3, -0.25) is 10.1 Å². The molecule has 1 aromatic heterocycles. The third-order valence-electron chi connectivity index (χ3n) is 2.91. The third-order valence-corrected chi connectivity index (χ3v) is 3.77. The van der Waals surface area contributed by atoms with Crippen LogP contribution in [0.4, 0.5) is 5.13 Å². The lowest BCUT2D eigenvalue weighted by Crippen LogP contribution is -2.43. The van der Waals surface area contributed by atoms with E-state index in [1.54, 1.807) is 0 Å². The highest BCUT2D eigenvalue weighted by Gasteiger charge is 2.21. The van der Waals surface area contributed by atoms with Crippen molar-refractivity contribution in [2.24, 2.45) is 5.92 Å². The van der Waals surface area contributed by atoms with Crippen molar-refractivity contribution in [1.29, 1.82) is 0 Å². The largest absolute Gasteiger partial charge is 0.306 e. The lowest BCUT2D eigenvalue weighted by molar-refractivity contribution is -0.118. The number of carbonyl (C=O) groups is 1. The van der Waals surface area contributed by atoms with Crippen molar-refractivity contribution in [3.8, 4) is 0 Å². The van der Waals surface area contributed by atoms with Gasteiger partial charge in [0.05, 0.1) is 6.04 Å². The van der Waals surface area contributed by atoms with Crippen LogP contribution >= 0.6 is 11.3 Å². The van der Waals surface area contributed by atoms with E-state index in [0.29, 0.717) is 11.0 Å². The van der Waals surface area contributed by atoms with Gasteiger partial charge in [-0.2, -0.15) is 0 Å². The minimum absolute atomic E-state index is 0.0157. The second kappa shape index (κ2) is 6.24. The number of hydrogen-bond donors (Lipinski definition) is 2.